The SMILES string of the molecule is CC1CCC(N(C)C(=O)C2CCNC2)CC1.Cl. The predicted octanol–water partition coefficient (Wildman–Crippen LogP) is 2.05. The van der Waals surface area contributed by atoms with E-state index in [1.54, 1.807) is 0 Å². The highest BCUT2D eigenvalue weighted by Gasteiger charge is 2.30. The lowest BCUT2D eigenvalue weighted by atomic mass is 9.86. The molecule has 4 heteroatoms. The maximum absolute atomic E-state index is 12.2. The number of carbonyl (C=O) groups is 1. The molecule has 100 valence electrons. The third-order valence-corrected chi connectivity index (χ3v) is 4.29. The van der Waals surface area contributed by atoms with E-state index in [9.17, 15) is 4.79 Å². The summed E-state index contributed by atoms with van der Waals surface area (Å²) in [5, 5.41) is 3.27. The van der Waals surface area contributed by atoms with E-state index in [1.165, 1.54) is 25.7 Å². The monoisotopic (exact) mass is 260 g/mol. The van der Waals surface area contributed by atoms with Gasteiger partial charge in [-0.15, -0.1) is 12.4 Å². The van der Waals surface area contributed by atoms with Crippen LogP contribution < -0.4 is 5.32 Å². The fourth-order valence-corrected chi connectivity index (χ4v) is 2.96. The summed E-state index contributed by atoms with van der Waals surface area (Å²) in [6, 6.07) is 0.504. The smallest absolute Gasteiger partial charge is 0.227 e. The highest BCUT2D eigenvalue weighted by atomic mass is 35.5. The molecule has 2 rings (SSSR count). The maximum Gasteiger partial charge on any atom is 0.227 e. The molecule has 1 unspecified atom stereocenters. The molecule has 2 fully saturated rings. The van der Waals surface area contributed by atoms with Gasteiger partial charge in [-0.2, -0.15) is 0 Å². The minimum absolute atomic E-state index is 0. The first-order valence-corrected chi connectivity index (χ1v) is 6.66. The molecule has 0 aromatic heterocycles. The molecule has 2 aliphatic rings. The van der Waals surface area contributed by atoms with Crippen LogP contribution in [0.4, 0.5) is 0 Å². The van der Waals surface area contributed by atoms with Gasteiger partial charge in [0.25, 0.3) is 0 Å². The van der Waals surface area contributed by atoms with Crippen molar-refractivity contribution in [1.29, 1.82) is 0 Å². The Hall–Kier alpha value is -0.280. The van der Waals surface area contributed by atoms with Gasteiger partial charge in [-0.1, -0.05) is 6.92 Å². The molecule has 1 atom stereocenters. The first kappa shape index (κ1) is 14.8. The van der Waals surface area contributed by atoms with E-state index in [0.29, 0.717) is 11.9 Å². The Bertz CT molecular complexity index is 246. The van der Waals surface area contributed by atoms with Crippen LogP contribution in [0.15, 0.2) is 0 Å². The molecule has 1 N–H and O–H groups in total. The van der Waals surface area contributed by atoms with Crippen molar-refractivity contribution >= 4 is 18.3 Å². The molecule has 0 spiro atoms. The van der Waals surface area contributed by atoms with Crippen LogP contribution in [-0.2, 0) is 4.79 Å². The van der Waals surface area contributed by atoms with E-state index in [1.807, 2.05) is 11.9 Å². The van der Waals surface area contributed by atoms with Crippen LogP contribution >= 0.6 is 12.4 Å². The Labute approximate surface area is 111 Å². The number of halogens is 1. The molecule has 17 heavy (non-hydrogen) atoms. The Morgan fingerprint density at radius 1 is 1.18 bits per heavy atom. The van der Waals surface area contributed by atoms with Crippen molar-refractivity contribution in [1.82, 2.24) is 10.2 Å². The molecule has 3 nitrogen and oxygen atoms in total. The summed E-state index contributed by atoms with van der Waals surface area (Å²) >= 11 is 0. The topological polar surface area (TPSA) is 32.3 Å². The third-order valence-electron chi connectivity index (χ3n) is 4.29. The lowest BCUT2D eigenvalue weighted by Gasteiger charge is -2.34. The van der Waals surface area contributed by atoms with Gasteiger partial charge in [-0.25, -0.2) is 0 Å². The molecule has 0 aromatic carbocycles. The summed E-state index contributed by atoms with van der Waals surface area (Å²) in [7, 11) is 2.00. The first-order chi connectivity index (χ1) is 7.68. The fraction of sp³-hybridized carbons (Fsp3) is 0.923. The molecule has 0 aromatic rings. The molecule has 1 amide bonds. The van der Waals surface area contributed by atoms with Crippen LogP contribution in [-0.4, -0.2) is 37.0 Å². The van der Waals surface area contributed by atoms with Crippen molar-refractivity contribution in [2.24, 2.45) is 11.8 Å². The summed E-state index contributed by atoms with van der Waals surface area (Å²) in [5.74, 6) is 1.46. The predicted molar refractivity (Wildman–Crippen MR) is 72.4 cm³/mol. The average Bonchev–Trinajstić information content (AvgIpc) is 2.81. The minimum atomic E-state index is 0. The largest absolute Gasteiger partial charge is 0.342 e. The maximum atomic E-state index is 12.2. The van der Waals surface area contributed by atoms with Gasteiger partial charge in [-0.05, 0) is 44.6 Å². The minimum Gasteiger partial charge on any atom is -0.342 e. The number of carbonyl (C=O) groups excluding carboxylic acids is 1. The van der Waals surface area contributed by atoms with E-state index in [0.717, 1.165) is 25.4 Å². The van der Waals surface area contributed by atoms with E-state index < -0.39 is 0 Å². The molecule has 1 heterocycles. The van der Waals surface area contributed by atoms with Crippen molar-refractivity contribution in [3.63, 3.8) is 0 Å². The normalized spacial score (nSPS) is 32.9. The molecule has 1 aliphatic heterocycles. The van der Waals surface area contributed by atoms with Crippen molar-refractivity contribution in [3.8, 4) is 0 Å². The van der Waals surface area contributed by atoms with Gasteiger partial charge in [-0.3, -0.25) is 4.79 Å². The van der Waals surface area contributed by atoms with Gasteiger partial charge < -0.3 is 10.2 Å². The highest BCUT2D eigenvalue weighted by molar-refractivity contribution is 5.85. The summed E-state index contributed by atoms with van der Waals surface area (Å²) in [5.41, 5.74) is 0. The molecule has 0 radical (unpaired) electrons. The van der Waals surface area contributed by atoms with Gasteiger partial charge in [0.15, 0.2) is 0 Å². The summed E-state index contributed by atoms with van der Waals surface area (Å²) in [6.07, 6.45) is 5.98. The highest BCUT2D eigenvalue weighted by Crippen LogP contribution is 2.27. The average molecular weight is 261 g/mol. The van der Waals surface area contributed by atoms with Crippen LogP contribution in [0.1, 0.15) is 39.0 Å². The number of hydrogen-bond acceptors (Lipinski definition) is 2. The van der Waals surface area contributed by atoms with Crippen molar-refractivity contribution < 1.29 is 4.79 Å². The van der Waals surface area contributed by atoms with E-state index in [-0.39, 0.29) is 18.3 Å². The van der Waals surface area contributed by atoms with E-state index in [4.69, 9.17) is 0 Å². The number of hydrogen-bond donors (Lipinski definition) is 1. The zero-order valence-electron chi connectivity index (χ0n) is 10.9. The number of nitrogens with zero attached hydrogens (tertiary/aromatic N) is 1. The Balaban J connectivity index is 0.00000144. The summed E-state index contributed by atoms with van der Waals surface area (Å²) in [6.45, 7) is 4.21. The summed E-state index contributed by atoms with van der Waals surface area (Å²) in [4.78, 5) is 14.2. The Kier molecular flexibility index (Phi) is 5.74. The lowest BCUT2D eigenvalue weighted by Crippen LogP contribution is -2.42. The van der Waals surface area contributed by atoms with E-state index in [2.05, 4.69) is 12.2 Å². The third kappa shape index (κ3) is 3.59. The van der Waals surface area contributed by atoms with Crippen LogP contribution in [0.25, 0.3) is 0 Å². The lowest BCUT2D eigenvalue weighted by molar-refractivity contribution is -0.136. The van der Waals surface area contributed by atoms with Crippen molar-refractivity contribution in [3.05, 3.63) is 0 Å². The quantitative estimate of drug-likeness (QED) is 0.824. The van der Waals surface area contributed by atoms with Crippen molar-refractivity contribution in [2.45, 2.75) is 45.1 Å². The van der Waals surface area contributed by atoms with Gasteiger partial charge in [0.05, 0.1) is 5.92 Å². The van der Waals surface area contributed by atoms with Crippen molar-refractivity contribution in [2.75, 3.05) is 20.1 Å². The molecule has 0 bridgehead atoms. The number of nitrogens with one attached hydrogen (secondary N) is 1. The Morgan fingerprint density at radius 2 is 1.82 bits per heavy atom. The first-order valence-electron chi connectivity index (χ1n) is 6.66. The summed E-state index contributed by atoms with van der Waals surface area (Å²) < 4.78 is 0. The zero-order chi connectivity index (χ0) is 11.5. The molecular weight excluding hydrogens is 236 g/mol. The van der Waals surface area contributed by atoms with Gasteiger partial charge >= 0.3 is 0 Å². The molecule has 1 saturated heterocycles. The number of rotatable bonds is 2. The second kappa shape index (κ2) is 6.60. The molecule has 1 aliphatic carbocycles. The van der Waals surface area contributed by atoms with Crippen LogP contribution in [0.3, 0.4) is 0 Å². The van der Waals surface area contributed by atoms with Crippen LogP contribution in [0.5, 0.6) is 0 Å². The second-order valence-corrected chi connectivity index (χ2v) is 5.55. The van der Waals surface area contributed by atoms with Gasteiger partial charge in [0.1, 0.15) is 0 Å². The van der Waals surface area contributed by atoms with Crippen LogP contribution in [0.2, 0.25) is 0 Å². The molecule has 1 saturated carbocycles. The number of amides is 1. The molecular formula is C13H25ClN2O. The second-order valence-electron chi connectivity index (χ2n) is 5.55. The Morgan fingerprint density at radius 3 is 2.35 bits per heavy atom. The van der Waals surface area contributed by atoms with Crippen LogP contribution in [0, 0.1) is 11.8 Å². The van der Waals surface area contributed by atoms with E-state index >= 15 is 0 Å². The van der Waals surface area contributed by atoms with Gasteiger partial charge in [0.2, 0.25) is 5.91 Å². The zero-order valence-corrected chi connectivity index (χ0v) is 11.8. The fourth-order valence-electron chi connectivity index (χ4n) is 2.96. The standard InChI is InChI=1S/C13H24N2O.ClH/c1-10-3-5-12(6-4-10)15(2)13(16)11-7-8-14-9-11;/h10-12,14H,3-9H2,1-2H3;1H. The van der Waals surface area contributed by atoms with Gasteiger partial charge in [0, 0.05) is 19.6 Å².